The van der Waals surface area contributed by atoms with E-state index in [4.69, 9.17) is 5.73 Å². The van der Waals surface area contributed by atoms with E-state index in [9.17, 15) is 5.11 Å². The zero-order chi connectivity index (χ0) is 7.19. The first-order chi connectivity index (χ1) is 4.74. The predicted molar refractivity (Wildman–Crippen MR) is 46.7 cm³/mol. The van der Waals surface area contributed by atoms with Gasteiger partial charge in [-0.1, -0.05) is 0 Å². The van der Waals surface area contributed by atoms with Gasteiger partial charge in [0.25, 0.3) is 0 Å². The van der Waals surface area contributed by atoms with Crippen molar-refractivity contribution in [3.05, 3.63) is 0 Å². The molecule has 0 aliphatic heterocycles. The largest absolute Gasteiger partial charge is 0.388 e. The number of fused-ring (bicyclic) bond motifs is 2. The van der Waals surface area contributed by atoms with Gasteiger partial charge in [-0.15, -0.1) is 12.4 Å². The Morgan fingerprint density at radius 3 is 2.45 bits per heavy atom. The molecule has 0 aromatic heterocycles. The van der Waals surface area contributed by atoms with Gasteiger partial charge in [-0.2, -0.15) is 0 Å². The van der Waals surface area contributed by atoms with E-state index < -0.39 is 5.60 Å². The monoisotopic (exact) mass is 177 g/mol. The molecule has 3 heteroatoms. The summed E-state index contributed by atoms with van der Waals surface area (Å²) in [7, 11) is 0. The van der Waals surface area contributed by atoms with Gasteiger partial charge in [0, 0.05) is 6.54 Å². The van der Waals surface area contributed by atoms with E-state index in [2.05, 4.69) is 0 Å². The molecule has 0 aromatic carbocycles. The van der Waals surface area contributed by atoms with Crippen LogP contribution < -0.4 is 5.73 Å². The zero-order valence-corrected chi connectivity index (χ0v) is 7.44. The van der Waals surface area contributed by atoms with Crippen LogP contribution in [0.1, 0.15) is 25.7 Å². The summed E-state index contributed by atoms with van der Waals surface area (Å²) in [5.74, 6) is 1.32. The van der Waals surface area contributed by atoms with Gasteiger partial charge >= 0.3 is 0 Å². The maximum atomic E-state index is 9.87. The summed E-state index contributed by atoms with van der Waals surface area (Å²) in [6.45, 7) is 0.466. The highest BCUT2D eigenvalue weighted by atomic mass is 35.5. The maximum absolute atomic E-state index is 9.87. The molecular formula is C8H16ClNO. The number of halogens is 1. The molecule has 2 aliphatic carbocycles. The zero-order valence-electron chi connectivity index (χ0n) is 6.62. The molecule has 66 valence electrons. The first-order valence-electron chi connectivity index (χ1n) is 4.17. The van der Waals surface area contributed by atoms with E-state index in [1.165, 1.54) is 19.3 Å². The Hall–Kier alpha value is 0.210. The lowest BCUT2D eigenvalue weighted by Gasteiger charge is -2.30. The lowest BCUT2D eigenvalue weighted by molar-refractivity contribution is -0.00419. The summed E-state index contributed by atoms with van der Waals surface area (Å²) in [5.41, 5.74) is 5.04. The summed E-state index contributed by atoms with van der Waals surface area (Å²) in [4.78, 5) is 0. The second-order valence-electron chi connectivity index (χ2n) is 3.89. The predicted octanol–water partition coefficient (Wildman–Crippen LogP) is 0.918. The fourth-order valence-electron chi connectivity index (χ4n) is 2.66. The minimum atomic E-state index is -0.469. The van der Waals surface area contributed by atoms with Crippen LogP contribution in [-0.2, 0) is 0 Å². The van der Waals surface area contributed by atoms with Crippen LogP contribution in [0, 0.1) is 11.8 Å². The van der Waals surface area contributed by atoms with Crippen molar-refractivity contribution in [3.63, 3.8) is 0 Å². The quantitative estimate of drug-likeness (QED) is 0.626. The summed E-state index contributed by atoms with van der Waals surface area (Å²) < 4.78 is 0. The van der Waals surface area contributed by atoms with E-state index in [1.807, 2.05) is 0 Å². The number of rotatable bonds is 1. The van der Waals surface area contributed by atoms with Crippen LogP contribution >= 0.6 is 12.4 Å². The first kappa shape index (κ1) is 9.30. The molecule has 0 unspecified atom stereocenters. The fraction of sp³-hybridized carbons (Fsp3) is 1.00. The lowest BCUT2D eigenvalue weighted by Crippen LogP contribution is -2.42. The fourth-order valence-corrected chi connectivity index (χ4v) is 2.66. The Bertz CT molecular complexity index is 153. The molecule has 0 amide bonds. The third kappa shape index (κ3) is 1.28. The molecule has 2 rings (SSSR count). The molecule has 2 nitrogen and oxygen atoms in total. The standard InChI is InChI=1S/C8H15NO.ClH/c9-5-8(10)4-6-1-2-7(8)3-6;/h6-7,10H,1-5,9H2;1H/t6-,7+,8-;/m0./s1. The van der Waals surface area contributed by atoms with Crippen molar-refractivity contribution in [3.8, 4) is 0 Å². The van der Waals surface area contributed by atoms with Crippen molar-refractivity contribution in [2.75, 3.05) is 6.54 Å². The summed E-state index contributed by atoms with van der Waals surface area (Å²) in [6, 6.07) is 0. The SMILES string of the molecule is Cl.NC[C@@]1(O)C[C@H]2CC[C@@H]1C2. The molecule has 0 heterocycles. The summed E-state index contributed by atoms with van der Waals surface area (Å²) in [5, 5.41) is 9.87. The average molecular weight is 178 g/mol. The minimum Gasteiger partial charge on any atom is -0.388 e. The molecule has 3 N–H and O–H groups in total. The van der Waals surface area contributed by atoms with Gasteiger partial charge in [0.05, 0.1) is 5.60 Å². The van der Waals surface area contributed by atoms with Gasteiger partial charge in [-0.3, -0.25) is 0 Å². The van der Waals surface area contributed by atoms with Gasteiger partial charge in [-0.25, -0.2) is 0 Å². The number of nitrogens with two attached hydrogens (primary N) is 1. The number of hydrogen-bond acceptors (Lipinski definition) is 2. The van der Waals surface area contributed by atoms with E-state index in [0.717, 1.165) is 12.3 Å². The molecule has 11 heavy (non-hydrogen) atoms. The van der Waals surface area contributed by atoms with Gasteiger partial charge in [0.15, 0.2) is 0 Å². The second-order valence-corrected chi connectivity index (χ2v) is 3.89. The van der Waals surface area contributed by atoms with E-state index in [0.29, 0.717) is 12.5 Å². The second kappa shape index (κ2) is 2.92. The Kier molecular flexibility index (Phi) is 2.47. The van der Waals surface area contributed by atoms with Gasteiger partial charge in [-0.05, 0) is 37.5 Å². The molecule has 2 bridgehead atoms. The van der Waals surface area contributed by atoms with Crippen LogP contribution in [0.4, 0.5) is 0 Å². The van der Waals surface area contributed by atoms with Crippen molar-refractivity contribution in [2.24, 2.45) is 17.6 Å². The maximum Gasteiger partial charge on any atom is 0.0800 e. The topological polar surface area (TPSA) is 46.2 Å². The highest BCUT2D eigenvalue weighted by molar-refractivity contribution is 5.85. The smallest absolute Gasteiger partial charge is 0.0800 e. The van der Waals surface area contributed by atoms with E-state index in [-0.39, 0.29) is 12.4 Å². The molecule has 2 fully saturated rings. The van der Waals surface area contributed by atoms with Crippen molar-refractivity contribution < 1.29 is 5.11 Å². The summed E-state index contributed by atoms with van der Waals surface area (Å²) in [6.07, 6.45) is 4.73. The van der Waals surface area contributed by atoms with Crippen molar-refractivity contribution in [1.29, 1.82) is 0 Å². The number of hydrogen-bond donors (Lipinski definition) is 2. The van der Waals surface area contributed by atoms with E-state index >= 15 is 0 Å². The average Bonchev–Trinajstić information content (AvgIpc) is 2.46. The Labute approximate surface area is 73.6 Å². The van der Waals surface area contributed by atoms with Crippen molar-refractivity contribution >= 4 is 12.4 Å². The van der Waals surface area contributed by atoms with Crippen LogP contribution in [0.25, 0.3) is 0 Å². The van der Waals surface area contributed by atoms with Crippen LogP contribution in [-0.4, -0.2) is 17.3 Å². The molecule has 3 atom stereocenters. The Morgan fingerprint density at radius 1 is 1.45 bits per heavy atom. The highest BCUT2D eigenvalue weighted by Gasteiger charge is 2.48. The third-order valence-electron chi connectivity index (χ3n) is 3.30. The molecule has 2 aliphatic rings. The Morgan fingerprint density at radius 2 is 2.18 bits per heavy atom. The molecule has 0 radical (unpaired) electrons. The lowest BCUT2D eigenvalue weighted by atomic mass is 9.84. The van der Waals surface area contributed by atoms with Crippen LogP contribution in [0.3, 0.4) is 0 Å². The molecular weight excluding hydrogens is 162 g/mol. The van der Waals surface area contributed by atoms with E-state index in [1.54, 1.807) is 0 Å². The highest BCUT2D eigenvalue weighted by Crippen LogP contribution is 2.50. The molecule has 0 aromatic rings. The summed E-state index contributed by atoms with van der Waals surface area (Å²) >= 11 is 0. The van der Waals surface area contributed by atoms with Crippen molar-refractivity contribution in [2.45, 2.75) is 31.3 Å². The third-order valence-corrected chi connectivity index (χ3v) is 3.30. The molecule has 0 spiro atoms. The van der Waals surface area contributed by atoms with Crippen molar-refractivity contribution in [1.82, 2.24) is 0 Å². The van der Waals surface area contributed by atoms with Gasteiger partial charge < -0.3 is 10.8 Å². The minimum absolute atomic E-state index is 0. The van der Waals surface area contributed by atoms with Gasteiger partial charge in [0.2, 0.25) is 0 Å². The normalized spacial score (nSPS) is 47.5. The first-order valence-corrected chi connectivity index (χ1v) is 4.17. The van der Waals surface area contributed by atoms with Crippen LogP contribution in [0.15, 0.2) is 0 Å². The Balaban J connectivity index is 0.000000605. The van der Waals surface area contributed by atoms with Crippen LogP contribution in [0.2, 0.25) is 0 Å². The molecule has 2 saturated carbocycles. The number of aliphatic hydroxyl groups is 1. The molecule has 0 saturated heterocycles. The van der Waals surface area contributed by atoms with Gasteiger partial charge in [0.1, 0.15) is 0 Å². The van der Waals surface area contributed by atoms with Crippen LogP contribution in [0.5, 0.6) is 0 Å².